The minimum Gasteiger partial charge on any atom is -0.477 e. The van der Waals surface area contributed by atoms with Crippen molar-refractivity contribution in [2.75, 3.05) is 0 Å². The summed E-state index contributed by atoms with van der Waals surface area (Å²) in [5, 5.41) is 8.61. The molecule has 2 heterocycles. The van der Waals surface area contributed by atoms with E-state index < -0.39 is 11.5 Å². The molecule has 0 fully saturated rings. The molecule has 0 aliphatic heterocycles. The van der Waals surface area contributed by atoms with Crippen molar-refractivity contribution in [3.63, 3.8) is 0 Å². The van der Waals surface area contributed by atoms with Crippen LogP contribution >= 0.6 is 0 Å². The molecule has 66 valence electrons. The van der Waals surface area contributed by atoms with Crippen LogP contribution in [0.25, 0.3) is 5.65 Å². The van der Waals surface area contributed by atoms with Crippen LogP contribution in [0.5, 0.6) is 0 Å². The molecule has 0 spiro atoms. The van der Waals surface area contributed by atoms with E-state index in [4.69, 9.17) is 5.11 Å². The van der Waals surface area contributed by atoms with Crippen LogP contribution in [0, 0.1) is 0 Å². The number of nitrogens with one attached hydrogen (secondary N) is 1. The van der Waals surface area contributed by atoms with Gasteiger partial charge in [-0.25, -0.2) is 4.79 Å². The van der Waals surface area contributed by atoms with Gasteiger partial charge >= 0.3 is 5.97 Å². The maximum absolute atomic E-state index is 10.8. The van der Waals surface area contributed by atoms with Crippen LogP contribution in [-0.4, -0.2) is 25.4 Å². The fraction of sp³-hybridized carbons (Fsp3) is 0. The number of carboxylic acid groups (broad SMARTS) is 1. The molecule has 6 nitrogen and oxygen atoms in total. The largest absolute Gasteiger partial charge is 0.477 e. The third-order valence-corrected chi connectivity index (χ3v) is 1.61. The van der Waals surface area contributed by atoms with Crippen LogP contribution in [-0.2, 0) is 0 Å². The van der Waals surface area contributed by atoms with Crippen LogP contribution in [0.2, 0.25) is 0 Å². The summed E-state index contributed by atoms with van der Waals surface area (Å²) in [5.41, 5.74) is 0.0311. The maximum atomic E-state index is 10.8. The number of H-pyrrole nitrogens is 1. The lowest BCUT2D eigenvalue weighted by Crippen LogP contribution is -2.04. The number of aromatic amines is 1. The van der Waals surface area contributed by atoms with E-state index in [-0.39, 0.29) is 5.69 Å². The molecule has 13 heavy (non-hydrogen) atoms. The Morgan fingerprint density at radius 1 is 1.62 bits per heavy atom. The molecule has 0 unspecified atom stereocenters. The smallest absolute Gasteiger partial charge is 0.353 e. The van der Waals surface area contributed by atoms with Gasteiger partial charge in [-0.3, -0.25) is 9.20 Å². The topological polar surface area (TPSA) is 87.5 Å². The summed E-state index contributed by atoms with van der Waals surface area (Å²) in [7, 11) is 0. The number of imidazole rings is 1. The summed E-state index contributed by atoms with van der Waals surface area (Å²) >= 11 is 0. The molecule has 0 saturated heterocycles. The Hall–Kier alpha value is -2.11. The van der Waals surface area contributed by atoms with Crippen LogP contribution in [0.3, 0.4) is 0 Å². The van der Waals surface area contributed by atoms with Gasteiger partial charge in [-0.2, -0.15) is 4.98 Å². The van der Waals surface area contributed by atoms with E-state index in [2.05, 4.69) is 9.97 Å². The maximum Gasteiger partial charge on any atom is 0.353 e. The van der Waals surface area contributed by atoms with Crippen molar-refractivity contribution < 1.29 is 9.90 Å². The molecule has 0 amide bonds. The van der Waals surface area contributed by atoms with Gasteiger partial charge in [0.1, 0.15) is 17.7 Å². The minimum atomic E-state index is -1.07. The van der Waals surface area contributed by atoms with Crippen molar-refractivity contribution in [1.29, 1.82) is 0 Å². The number of hydrogen-bond donors (Lipinski definition) is 2. The molecule has 2 N–H and O–H groups in total. The Balaban J connectivity index is 2.75. The zero-order valence-electron chi connectivity index (χ0n) is 6.39. The number of aromatic carboxylic acids is 1. The van der Waals surface area contributed by atoms with Crippen molar-refractivity contribution in [2.24, 2.45) is 0 Å². The first-order valence-corrected chi connectivity index (χ1v) is 3.47. The van der Waals surface area contributed by atoms with E-state index in [0.717, 1.165) is 0 Å². The lowest BCUT2D eigenvalue weighted by Gasteiger charge is -1.86. The second kappa shape index (κ2) is 2.44. The van der Waals surface area contributed by atoms with Crippen molar-refractivity contribution in [3.8, 4) is 0 Å². The van der Waals surface area contributed by atoms with Crippen LogP contribution in [0.15, 0.2) is 23.4 Å². The number of carboxylic acids is 1. The first-order chi connectivity index (χ1) is 6.16. The van der Waals surface area contributed by atoms with E-state index in [1.165, 1.54) is 23.0 Å². The normalized spacial score (nSPS) is 10.5. The van der Waals surface area contributed by atoms with Gasteiger partial charge in [-0.1, -0.05) is 0 Å². The molecule has 2 rings (SSSR count). The molecule has 0 atom stereocenters. The van der Waals surface area contributed by atoms with Crippen molar-refractivity contribution in [2.45, 2.75) is 0 Å². The molecule has 0 saturated carbocycles. The second-order valence-corrected chi connectivity index (χ2v) is 2.49. The molecule has 0 aromatic carbocycles. The molecule has 0 aliphatic carbocycles. The Morgan fingerprint density at radius 3 is 3.08 bits per heavy atom. The van der Waals surface area contributed by atoms with Crippen molar-refractivity contribution in [1.82, 2.24) is 14.4 Å². The van der Waals surface area contributed by atoms with Gasteiger partial charge in [0.2, 0.25) is 0 Å². The van der Waals surface area contributed by atoms with Crippen LogP contribution < -0.4 is 5.56 Å². The molecular weight excluding hydrogens is 174 g/mol. The highest BCUT2D eigenvalue weighted by atomic mass is 16.4. The number of fused-ring (bicyclic) bond motifs is 1. The highest BCUT2D eigenvalue weighted by molar-refractivity contribution is 5.86. The third-order valence-electron chi connectivity index (χ3n) is 1.61. The average Bonchev–Trinajstić information content (AvgIpc) is 2.46. The SMILES string of the molecule is O=C(O)c1cn2cnc(=O)cc2[nH]1. The summed E-state index contributed by atoms with van der Waals surface area (Å²) in [6.07, 6.45) is 2.62. The van der Waals surface area contributed by atoms with Crippen LogP contribution in [0.4, 0.5) is 0 Å². The van der Waals surface area contributed by atoms with Gasteiger partial charge < -0.3 is 10.1 Å². The third kappa shape index (κ3) is 1.18. The molecule has 2 aromatic rings. The summed E-state index contributed by atoms with van der Waals surface area (Å²) in [6.45, 7) is 0. The highest BCUT2D eigenvalue weighted by Crippen LogP contribution is 2.00. The average molecular weight is 179 g/mol. The number of hydrogen-bond acceptors (Lipinski definition) is 3. The van der Waals surface area contributed by atoms with Gasteiger partial charge in [-0.05, 0) is 0 Å². The van der Waals surface area contributed by atoms with Gasteiger partial charge in [0.15, 0.2) is 0 Å². The first kappa shape index (κ1) is 7.53. The van der Waals surface area contributed by atoms with Crippen LogP contribution in [0.1, 0.15) is 10.5 Å². The lowest BCUT2D eigenvalue weighted by molar-refractivity contribution is 0.0691. The van der Waals surface area contributed by atoms with Gasteiger partial charge in [-0.15, -0.1) is 0 Å². The van der Waals surface area contributed by atoms with E-state index >= 15 is 0 Å². The van der Waals surface area contributed by atoms with E-state index in [0.29, 0.717) is 5.65 Å². The Kier molecular flexibility index (Phi) is 1.42. The monoisotopic (exact) mass is 179 g/mol. The molecule has 0 radical (unpaired) electrons. The zero-order chi connectivity index (χ0) is 9.42. The number of aromatic nitrogens is 3. The van der Waals surface area contributed by atoms with Gasteiger partial charge in [0.05, 0.1) is 0 Å². The predicted molar refractivity (Wildman–Crippen MR) is 42.8 cm³/mol. The number of rotatable bonds is 1. The predicted octanol–water partition coefficient (Wildman–Crippen LogP) is -0.279. The van der Waals surface area contributed by atoms with Gasteiger partial charge in [0, 0.05) is 12.3 Å². The fourth-order valence-corrected chi connectivity index (χ4v) is 1.03. The van der Waals surface area contributed by atoms with E-state index in [1.54, 1.807) is 0 Å². The second-order valence-electron chi connectivity index (χ2n) is 2.49. The number of carbonyl (C=O) groups is 1. The molecule has 0 bridgehead atoms. The molecule has 0 aliphatic rings. The first-order valence-electron chi connectivity index (χ1n) is 3.47. The van der Waals surface area contributed by atoms with Crippen molar-refractivity contribution in [3.05, 3.63) is 34.6 Å². The minimum absolute atomic E-state index is 0.0207. The van der Waals surface area contributed by atoms with Crippen molar-refractivity contribution >= 4 is 11.6 Å². The standard InChI is InChI=1S/C7H5N3O3/c11-6-1-5-9-4(7(12)13)2-10(5)3-8-6/h1-3,9H,(H,12,13). The van der Waals surface area contributed by atoms with Gasteiger partial charge in [0.25, 0.3) is 5.56 Å². The number of nitrogens with zero attached hydrogens (tertiary/aromatic N) is 2. The Morgan fingerprint density at radius 2 is 2.38 bits per heavy atom. The lowest BCUT2D eigenvalue weighted by atomic mass is 10.5. The molecule has 2 aromatic heterocycles. The summed E-state index contributed by atoms with van der Waals surface area (Å²) < 4.78 is 1.44. The molecule has 6 heteroatoms. The Bertz CT molecular complexity index is 525. The fourth-order valence-electron chi connectivity index (χ4n) is 1.03. The summed E-state index contributed by atoms with van der Waals surface area (Å²) in [6, 6.07) is 1.23. The summed E-state index contributed by atoms with van der Waals surface area (Å²) in [4.78, 5) is 27.3. The van der Waals surface area contributed by atoms with E-state index in [1.807, 2.05) is 0 Å². The summed E-state index contributed by atoms with van der Waals surface area (Å²) in [5.74, 6) is -1.07. The quantitative estimate of drug-likeness (QED) is 0.630. The zero-order valence-corrected chi connectivity index (χ0v) is 6.39. The Labute approximate surface area is 71.5 Å². The molecular formula is C7H5N3O3. The highest BCUT2D eigenvalue weighted by Gasteiger charge is 2.06. The van der Waals surface area contributed by atoms with E-state index in [9.17, 15) is 9.59 Å².